The number of nitrogens with zero attached hydrogens (tertiary/aromatic N) is 7. The van der Waals surface area contributed by atoms with E-state index in [1.165, 1.54) is 6.08 Å². The average molecular weight is 733 g/mol. The van der Waals surface area contributed by atoms with Gasteiger partial charge in [0.15, 0.2) is 12.4 Å². The van der Waals surface area contributed by atoms with E-state index in [1.807, 2.05) is 35.7 Å². The van der Waals surface area contributed by atoms with Crippen LogP contribution >= 0.6 is 11.8 Å². The van der Waals surface area contributed by atoms with Crippen LogP contribution in [0.15, 0.2) is 37.1 Å². The number of thioether (sulfide) groups is 1. The van der Waals surface area contributed by atoms with Gasteiger partial charge in [-0.1, -0.05) is 12.6 Å². The van der Waals surface area contributed by atoms with Gasteiger partial charge in [-0.15, -0.1) is 0 Å². The van der Waals surface area contributed by atoms with E-state index in [-0.39, 0.29) is 23.0 Å². The van der Waals surface area contributed by atoms with Gasteiger partial charge in [-0.3, -0.25) is 14.8 Å². The third kappa shape index (κ3) is 6.05. The predicted octanol–water partition coefficient (Wildman–Crippen LogP) is 6.15. The number of rotatable bonds is 8. The summed E-state index contributed by atoms with van der Waals surface area (Å²) in [6.07, 6.45) is 2.25. The number of nitrogens with one attached hydrogen (secondary N) is 1. The van der Waals surface area contributed by atoms with Crippen LogP contribution in [0.4, 0.5) is 24.9 Å². The van der Waals surface area contributed by atoms with Crippen LogP contribution in [0.3, 0.4) is 0 Å². The summed E-state index contributed by atoms with van der Waals surface area (Å²) < 4.78 is 48.2. The summed E-state index contributed by atoms with van der Waals surface area (Å²) in [7, 11) is 0. The molecule has 52 heavy (non-hydrogen) atoms. The van der Waals surface area contributed by atoms with Crippen molar-refractivity contribution < 1.29 is 22.7 Å². The van der Waals surface area contributed by atoms with E-state index in [2.05, 4.69) is 37.5 Å². The number of piperidine rings is 1. The van der Waals surface area contributed by atoms with Gasteiger partial charge in [-0.2, -0.15) is 35.0 Å². The van der Waals surface area contributed by atoms with Gasteiger partial charge in [0.1, 0.15) is 11.3 Å². The minimum absolute atomic E-state index is 0.0354. The van der Waals surface area contributed by atoms with Crippen molar-refractivity contribution in [1.29, 1.82) is 0 Å². The van der Waals surface area contributed by atoms with E-state index >= 15 is 0 Å². The van der Waals surface area contributed by atoms with Gasteiger partial charge >= 0.3 is 6.18 Å². The zero-order valence-corrected chi connectivity index (χ0v) is 30.2. The van der Waals surface area contributed by atoms with Gasteiger partial charge in [0.2, 0.25) is 11.9 Å². The second-order valence-electron chi connectivity index (χ2n) is 15.3. The number of halogens is 3. The molecule has 0 bridgehead atoms. The average Bonchev–Trinajstić information content (AvgIpc) is 3.84. The van der Waals surface area contributed by atoms with E-state index in [0.717, 1.165) is 128 Å². The molecule has 1 saturated carbocycles. The van der Waals surface area contributed by atoms with Crippen molar-refractivity contribution in [2.24, 2.45) is 5.41 Å². The minimum atomic E-state index is -4.54. The molecule has 9 rings (SSSR count). The molecule has 5 fully saturated rings. The first-order valence-electron chi connectivity index (χ1n) is 18.3. The number of ether oxygens (including phenoxy) is 1. The fourth-order valence-electron chi connectivity index (χ4n) is 8.69. The SMILES string of the molecule is C=CC(=O)N1CC2(CCN(c3nc(N4CC(N5CCSCC5)C4)nc4c(OCC(F)(F)F)c(-c5c(C)ccc6[nH]ncc56)c(C5CC5)cc34)CC2)C1. The normalized spacial score (nSPS) is 21.1. The molecule has 0 unspecified atom stereocenters. The van der Waals surface area contributed by atoms with E-state index in [4.69, 9.17) is 14.7 Å². The maximum atomic E-state index is 14.1. The summed E-state index contributed by atoms with van der Waals surface area (Å²) in [5, 5.41) is 8.90. The maximum absolute atomic E-state index is 14.1. The molecule has 1 spiro atoms. The molecule has 0 radical (unpaired) electrons. The first kappa shape index (κ1) is 33.8. The molecule has 5 aliphatic rings. The Morgan fingerprint density at radius 3 is 2.50 bits per heavy atom. The smallest absolute Gasteiger partial charge is 0.422 e. The Bertz CT molecular complexity index is 2040. The number of hydrogen-bond acceptors (Lipinski definition) is 9. The summed E-state index contributed by atoms with van der Waals surface area (Å²) in [6.45, 7) is 10.7. The van der Waals surface area contributed by atoms with E-state index in [0.29, 0.717) is 23.1 Å². The first-order valence-corrected chi connectivity index (χ1v) is 19.5. The molecular weight excluding hydrogens is 690 g/mol. The summed E-state index contributed by atoms with van der Waals surface area (Å²) in [5.74, 6) is 3.83. The molecule has 2 aromatic carbocycles. The van der Waals surface area contributed by atoms with Gasteiger partial charge in [0.05, 0.1) is 11.7 Å². The number of carbonyl (C=O) groups excluding carboxylic acids is 1. The Balaban J connectivity index is 1.18. The van der Waals surface area contributed by atoms with E-state index < -0.39 is 12.8 Å². The lowest BCUT2D eigenvalue weighted by atomic mass is 9.72. The second-order valence-corrected chi connectivity index (χ2v) is 16.5. The number of fused-ring (bicyclic) bond motifs is 2. The van der Waals surface area contributed by atoms with Crippen LogP contribution in [0.1, 0.15) is 42.7 Å². The molecule has 0 atom stereocenters. The van der Waals surface area contributed by atoms with Crippen LogP contribution in [0, 0.1) is 12.3 Å². The third-order valence-corrected chi connectivity index (χ3v) is 12.7. The van der Waals surface area contributed by atoms with Gasteiger partial charge < -0.3 is 19.4 Å². The molecule has 14 heteroatoms. The zero-order chi connectivity index (χ0) is 35.8. The van der Waals surface area contributed by atoms with Crippen LogP contribution < -0.4 is 14.5 Å². The van der Waals surface area contributed by atoms with Crippen molar-refractivity contribution in [1.82, 2.24) is 30.0 Å². The Morgan fingerprint density at radius 1 is 1.06 bits per heavy atom. The van der Waals surface area contributed by atoms with E-state index in [9.17, 15) is 18.0 Å². The van der Waals surface area contributed by atoms with Crippen molar-refractivity contribution in [3.05, 3.63) is 48.2 Å². The van der Waals surface area contributed by atoms with Crippen LogP contribution in [0.2, 0.25) is 0 Å². The monoisotopic (exact) mass is 732 g/mol. The number of aryl methyl sites for hydroxylation is 1. The van der Waals surface area contributed by atoms with Crippen LogP contribution in [0.5, 0.6) is 5.75 Å². The number of anilines is 2. The number of aromatic nitrogens is 4. The van der Waals surface area contributed by atoms with Crippen LogP contribution in [-0.4, -0.2) is 119 Å². The number of amides is 1. The highest BCUT2D eigenvalue weighted by atomic mass is 32.2. The molecule has 274 valence electrons. The number of likely N-dealkylation sites (tertiary alicyclic amines) is 1. The largest absolute Gasteiger partial charge is 0.481 e. The number of alkyl halides is 3. The Morgan fingerprint density at radius 2 is 1.81 bits per heavy atom. The van der Waals surface area contributed by atoms with E-state index in [1.54, 1.807) is 6.20 Å². The van der Waals surface area contributed by atoms with Gasteiger partial charge in [-0.25, -0.2) is 4.98 Å². The third-order valence-electron chi connectivity index (χ3n) is 11.8. The lowest BCUT2D eigenvalue weighted by Gasteiger charge is -2.54. The van der Waals surface area contributed by atoms with Crippen LogP contribution in [0.25, 0.3) is 32.9 Å². The summed E-state index contributed by atoms with van der Waals surface area (Å²) in [4.78, 5) is 31.4. The first-order chi connectivity index (χ1) is 25.1. The Kier molecular flexibility index (Phi) is 8.33. The minimum Gasteiger partial charge on any atom is -0.481 e. The number of aromatic amines is 1. The summed E-state index contributed by atoms with van der Waals surface area (Å²) in [5.41, 5.74) is 4.67. The number of benzene rings is 2. The van der Waals surface area contributed by atoms with Crippen molar-refractivity contribution in [2.75, 3.05) is 80.3 Å². The highest BCUT2D eigenvalue weighted by Crippen LogP contribution is 2.53. The molecule has 6 heterocycles. The highest BCUT2D eigenvalue weighted by Gasteiger charge is 2.47. The lowest BCUT2D eigenvalue weighted by molar-refractivity contribution is -0.153. The van der Waals surface area contributed by atoms with Crippen molar-refractivity contribution in [3.8, 4) is 16.9 Å². The van der Waals surface area contributed by atoms with Crippen molar-refractivity contribution >= 4 is 51.2 Å². The molecular formula is C38H43F3N8O2S. The predicted molar refractivity (Wildman–Crippen MR) is 198 cm³/mol. The molecule has 1 amide bonds. The van der Waals surface area contributed by atoms with Crippen molar-refractivity contribution in [3.63, 3.8) is 0 Å². The molecule has 4 saturated heterocycles. The molecule has 4 aliphatic heterocycles. The maximum Gasteiger partial charge on any atom is 0.422 e. The second kappa shape index (κ2) is 12.8. The quantitative estimate of drug-likeness (QED) is 0.214. The van der Waals surface area contributed by atoms with Crippen LogP contribution in [-0.2, 0) is 4.79 Å². The zero-order valence-electron chi connectivity index (χ0n) is 29.3. The summed E-state index contributed by atoms with van der Waals surface area (Å²) in [6, 6.07) is 6.47. The standard InChI is InChI=1S/C38H43F3N8O2S/c1-3-30(50)49-20-37(21-49)8-10-47(11-9-37)35-27-16-26(24-5-6-24)32(31-23(2)4-7-29-28(31)17-42-45-29)34(51-22-38(39,40)41)33(27)43-36(44-35)48-18-25(19-48)46-12-14-52-15-13-46/h3-4,7,16-17,24-25H,1,5-6,8-15,18-22H2,2H3,(H,42,45). The molecule has 1 N–H and O–H groups in total. The lowest BCUT2D eigenvalue weighted by Crippen LogP contribution is -2.62. The fraction of sp³-hybridized carbons (Fsp3) is 0.526. The highest BCUT2D eigenvalue weighted by molar-refractivity contribution is 7.99. The molecule has 1 aliphatic carbocycles. The Labute approximate surface area is 304 Å². The molecule has 4 aromatic rings. The van der Waals surface area contributed by atoms with Gasteiger partial charge in [-0.05, 0) is 73.4 Å². The number of H-pyrrole nitrogens is 1. The van der Waals surface area contributed by atoms with Crippen molar-refractivity contribution in [2.45, 2.75) is 50.7 Å². The van der Waals surface area contributed by atoms with Gasteiger partial charge in [0.25, 0.3) is 0 Å². The Hall–Kier alpha value is -4.04. The summed E-state index contributed by atoms with van der Waals surface area (Å²) >= 11 is 1.98. The molecule has 10 nitrogen and oxygen atoms in total. The number of hydrogen-bond donors (Lipinski definition) is 1. The van der Waals surface area contributed by atoms with Gasteiger partial charge in [0, 0.05) is 91.7 Å². The number of carbonyl (C=O) groups is 1. The molecule has 2 aromatic heterocycles. The topological polar surface area (TPSA) is 93.7 Å². The fourth-order valence-corrected chi connectivity index (χ4v) is 9.62.